The predicted molar refractivity (Wildman–Crippen MR) is 167 cm³/mol. The van der Waals surface area contributed by atoms with Crippen LogP contribution in [0.5, 0.6) is 0 Å². The molecule has 2 atom stereocenters. The summed E-state index contributed by atoms with van der Waals surface area (Å²) in [5, 5.41) is 5.27. The summed E-state index contributed by atoms with van der Waals surface area (Å²) in [4.78, 5) is 60.7. The maximum absolute atomic E-state index is 13.4. The maximum Gasteiger partial charge on any atom is 0.408 e. The lowest BCUT2D eigenvalue weighted by Gasteiger charge is -2.19. The Morgan fingerprint density at radius 3 is 2.73 bits per heavy atom. The van der Waals surface area contributed by atoms with E-state index in [1.54, 1.807) is 32.4 Å². The van der Waals surface area contributed by atoms with Crippen LogP contribution in [0.1, 0.15) is 51.4 Å². The van der Waals surface area contributed by atoms with Gasteiger partial charge in [0.15, 0.2) is 0 Å². The molecule has 1 aliphatic rings. The molecule has 3 amide bonds. The largest absolute Gasteiger partial charge is 0.444 e. The van der Waals surface area contributed by atoms with Crippen molar-refractivity contribution in [1.82, 2.24) is 24.8 Å². The number of carbonyl (C=O) groups is 3. The lowest BCUT2D eigenvalue weighted by molar-refractivity contribution is -0.123. The summed E-state index contributed by atoms with van der Waals surface area (Å²) in [6.45, 7) is 7.50. The van der Waals surface area contributed by atoms with Crippen LogP contribution in [0, 0.1) is 5.41 Å². The highest BCUT2D eigenvalue weighted by atomic mass is 16.6. The van der Waals surface area contributed by atoms with E-state index in [2.05, 4.69) is 42.5 Å². The number of likely N-dealkylation sites (N-methyl/N-ethyl adjacent to an activating group) is 1. The number of ether oxygens (including phenoxy) is 2. The van der Waals surface area contributed by atoms with Crippen LogP contribution in [-0.4, -0.2) is 76.8 Å². The Morgan fingerprint density at radius 1 is 1.23 bits per heavy atom. The van der Waals surface area contributed by atoms with Gasteiger partial charge in [0.2, 0.25) is 11.8 Å². The molecule has 2 aromatic heterocycles. The standard InChI is InChI=1S/C32H42N6O6/c1-32(2,3)18-21-10-8-12-23-28(21)36-26(33-23)19-38-16-9-13-25(30(38)41)34-29(40)24(11-6-7-14-27(39)37(4)5)35-31(42)44-22-15-17-43-20-22/h7-10,12-14,16,22,24H,6,11,15,17-20H2,1-5H3,(H,33,36)(H,34,40)(H,35,42)/b14-7+. The van der Waals surface area contributed by atoms with E-state index in [-0.39, 0.29) is 36.1 Å². The Bertz CT molecular complexity index is 1560. The van der Waals surface area contributed by atoms with E-state index in [1.807, 2.05) is 12.1 Å². The fourth-order valence-electron chi connectivity index (χ4n) is 4.87. The summed E-state index contributed by atoms with van der Waals surface area (Å²) in [5.41, 5.74) is 2.63. The average molecular weight is 607 g/mol. The number of hydrogen-bond acceptors (Lipinski definition) is 7. The van der Waals surface area contributed by atoms with Crippen LogP contribution < -0.4 is 16.2 Å². The van der Waals surface area contributed by atoms with E-state index in [0.29, 0.717) is 31.9 Å². The van der Waals surface area contributed by atoms with Crippen LogP contribution in [0.25, 0.3) is 11.0 Å². The minimum Gasteiger partial charge on any atom is -0.444 e. The average Bonchev–Trinajstić information content (AvgIpc) is 3.61. The zero-order chi connectivity index (χ0) is 31.9. The minimum atomic E-state index is -1.02. The van der Waals surface area contributed by atoms with Gasteiger partial charge in [0.25, 0.3) is 5.56 Å². The number of aromatic amines is 1. The number of hydrogen-bond donors (Lipinski definition) is 3. The van der Waals surface area contributed by atoms with Crippen LogP contribution in [0.4, 0.5) is 10.5 Å². The van der Waals surface area contributed by atoms with E-state index in [1.165, 1.54) is 21.6 Å². The maximum atomic E-state index is 13.4. The molecule has 0 saturated carbocycles. The second-order valence-corrected chi connectivity index (χ2v) is 12.4. The lowest BCUT2D eigenvalue weighted by Crippen LogP contribution is -2.45. The number of H-pyrrole nitrogens is 1. The normalized spacial score (nSPS) is 15.8. The van der Waals surface area contributed by atoms with Gasteiger partial charge in [-0.1, -0.05) is 39.0 Å². The van der Waals surface area contributed by atoms with Crippen LogP contribution in [0.15, 0.2) is 53.5 Å². The first-order valence-corrected chi connectivity index (χ1v) is 14.8. The number of para-hydroxylation sites is 1. The lowest BCUT2D eigenvalue weighted by atomic mass is 9.88. The molecule has 12 nitrogen and oxygen atoms in total. The van der Waals surface area contributed by atoms with Gasteiger partial charge in [0, 0.05) is 26.7 Å². The van der Waals surface area contributed by atoms with E-state index in [9.17, 15) is 19.2 Å². The van der Waals surface area contributed by atoms with Crippen LogP contribution in [-0.2, 0) is 32.0 Å². The number of fused-ring (bicyclic) bond motifs is 1. The molecule has 4 rings (SSSR count). The van der Waals surface area contributed by atoms with Gasteiger partial charge in [-0.15, -0.1) is 0 Å². The van der Waals surface area contributed by atoms with Crippen molar-refractivity contribution < 1.29 is 23.9 Å². The molecule has 0 bridgehead atoms. The highest BCUT2D eigenvalue weighted by molar-refractivity contribution is 5.96. The number of nitrogens with zero attached hydrogens (tertiary/aromatic N) is 3. The number of nitrogens with one attached hydrogen (secondary N) is 3. The van der Waals surface area contributed by atoms with Gasteiger partial charge in [-0.25, -0.2) is 9.78 Å². The molecule has 3 heterocycles. The van der Waals surface area contributed by atoms with Gasteiger partial charge < -0.3 is 34.6 Å². The number of aromatic nitrogens is 3. The summed E-state index contributed by atoms with van der Waals surface area (Å²) in [6, 6.07) is 8.17. The molecule has 1 aromatic carbocycles. The first kappa shape index (κ1) is 32.5. The van der Waals surface area contributed by atoms with Gasteiger partial charge in [-0.2, -0.15) is 0 Å². The second-order valence-electron chi connectivity index (χ2n) is 12.4. The molecule has 0 spiro atoms. The Labute approximate surface area is 256 Å². The van der Waals surface area contributed by atoms with Crippen molar-refractivity contribution in [2.75, 3.05) is 32.6 Å². The SMILES string of the molecule is CN(C)C(=O)/C=C/CCC(NC(=O)OC1CCOC1)C(=O)Nc1cccn(Cc2nc3c(CC(C)(C)C)cccc3[nH]2)c1=O. The third kappa shape index (κ3) is 9.03. The number of alkyl carbamates (subject to hydrolysis) is 1. The van der Waals surface area contributed by atoms with Crippen molar-refractivity contribution in [3.8, 4) is 0 Å². The number of amides is 3. The van der Waals surface area contributed by atoms with Crippen LogP contribution in [0.3, 0.4) is 0 Å². The molecule has 0 aliphatic carbocycles. The molecule has 3 N–H and O–H groups in total. The number of rotatable bonds is 11. The van der Waals surface area contributed by atoms with Crippen LogP contribution >= 0.6 is 0 Å². The first-order valence-electron chi connectivity index (χ1n) is 14.8. The molecule has 2 unspecified atom stereocenters. The highest BCUT2D eigenvalue weighted by Crippen LogP contribution is 2.25. The fourth-order valence-corrected chi connectivity index (χ4v) is 4.87. The fraction of sp³-hybridized carbons (Fsp3) is 0.469. The molecule has 236 valence electrons. The quantitative estimate of drug-likeness (QED) is 0.283. The molecule has 44 heavy (non-hydrogen) atoms. The van der Waals surface area contributed by atoms with Crippen molar-refractivity contribution in [2.24, 2.45) is 5.41 Å². The van der Waals surface area contributed by atoms with Gasteiger partial charge in [-0.3, -0.25) is 14.4 Å². The number of benzene rings is 1. The third-order valence-corrected chi connectivity index (χ3v) is 7.06. The van der Waals surface area contributed by atoms with Crippen molar-refractivity contribution in [2.45, 2.75) is 65.1 Å². The summed E-state index contributed by atoms with van der Waals surface area (Å²) < 4.78 is 12.1. The molecule has 0 radical (unpaired) electrons. The zero-order valence-corrected chi connectivity index (χ0v) is 26.0. The van der Waals surface area contributed by atoms with Gasteiger partial charge in [0.05, 0.1) is 30.8 Å². The predicted octanol–water partition coefficient (Wildman–Crippen LogP) is 3.61. The smallest absolute Gasteiger partial charge is 0.408 e. The van der Waals surface area contributed by atoms with Crippen molar-refractivity contribution in [3.63, 3.8) is 0 Å². The van der Waals surface area contributed by atoms with E-state index < -0.39 is 23.6 Å². The van der Waals surface area contributed by atoms with Gasteiger partial charge >= 0.3 is 6.09 Å². The highest BCUT2D eigenvalue weighted by Gasteiger charge is 2.26. The van der Waals surface area contributed by atoms with Crippen molar-refractivity contribution in [3.05, 3.63) is 70.4 Å². The van der Waals surface area contributed by atoms with E-state index in [0.717, 1.165) is 23.0 Å². The number of allylic oxidation sites excluding steroid dienone is 1. The summed E-state index contributed by atoms with van der Waals surface area (Å²) in [6.07, 6.45) is 5.46. The number of imidazole rings is 1. The molecule has 1 fully saturated rings. The number of carbonyl (C=O) groups excluding carboxylic acids is 3. The number of anilines is 1. The summed E-state index contributed by atoms with van der Waals surface area (Å²) in [7, 11) is 3.27. The van der Waals surface area contributed by atoms with Crippen LogP contribution in [0.2, 0.25) is 0 Å². The topological polar surface area (TPSA) is 148 Å². The Balaban J connectivity index is 1.48. The van der Waals surface area contributed by atoms with Gasteiger partial charge in [-0.05, 0) is 54.5 Å². The van der Waals surface area contributed by atoms with Gasteiger partial charge in [0.1, 0.15) is 23.7 Å². The first-order chi connectivity index (χ1) is 20.9. The minimum absolute atomic E-state index is 0.0599. The van der Waals surface area contributed by atoms with Crippen molar-refractivity contribution in [1.29, 1.82) is 0 Å². The summed E-state index contributed by atoms with van der Waals surface area (Å²) >= 11 is 0. The molecule has 1 aliphatic heterocycles. The second kappa shape index (κ2) is 14.3. The molecule has 12 heteroatoms. The van der Waals surface area contributed by atoms with E-state index >= 15 is 0 Å². The van der Waals surface area contributed by atoms with Crippen molar-refractivity contribution >= 4 is 34.6 Å². The van der Waals surface area contributed by atoms with E-state index in [4.69, 9.17) is 14.5 Å². The molecular formula is C32H42N6O6. The zero-order valence-electron chi connectivity index (χ0n) is 26.0. The molecular weight excluding hydrogens is 564 g/mol. The monoisotopic (exact) mass is 606 g/mol. The Morgan fingerprint density at radius 2 is 2.02 bits per heavy atom. The Hall–Kier alpha value is -4.45. The third-order valence-electron chi connectivity index (χ3n) is 7.06. The molecule has 1 saturated heterocycles. The molecule has 3 aromatic rings. The Kier molecular flexibility index (Phi) is 10.6. The number of pyridine rings is 1. The summed E-state index contributed by atoms with van der Waals surface area (Å²) in [5.74, 6) is -0.161.